The van der Waals surface area contributed by atoms with Gasteiger partial charge in [-0.1, -0.05) is 18.2 Å². The molecule has 2 N–H and O–H groups in total. The molecule has 1 aliphatic heterocycles. The van der Waals surface area contributed by atoms with E-state index in [1.807, 2.05) is 67.6 Å². The number of anilines is 4. The van der Waals surface area contributed by atoms with Gasteiger partial charge in [0.1, 0.15) is 17.3 Å². The first-order valence-electron chi connectivity index (χ1n) is 11.7. The van der Waals surface area contributed by atoms with E-state index in [1.54, 1.807) is 24.3 Å². The standard InChI is InChI=1S/C28H27N5O2/c1-20-19-26(32-28(29-20)33-17-5-6-18-33)30-22-11-13-23(14-12-22)31-27(34)21-9-15-25(16-10-21)35-24-7-3-2-4-8-24/h2-4,7-16,19H,5-6,17-18H2,1H3,(H,31,34)(H,29,30,32). The summed E-state index contributed by atoms with van der Waals surface area (Å²) in [4.78, 5) is 24.1. The highest BCUT2D eigenvalue weighted by Gasteiger charge is 2.16. The van der Waals surface area contributed by atoms with Crippen LogP contribution in [0.15, 0.2) is 84.9 Å². The van der Waals surface area contributed by atoms with E-state index in [2.05, 4.69) is 25.5 Å². The number of aryl methyl sites for hydroxylation is 1. The molecular weight excluding hydrogens is 438 g/mol. The third-order valence-electron chi connectivity index (χ3n) is 5.74. The Bertz CT molecular complexity index is 1290. The molecule has 1 saturated heterocycles. The van der Waals surface area contributed by atoms with Gasteiger partial charge < -0.3 is 20.3 Å². The summed E-state index contributed by atoms with van der Waals surface area (Å²) in [7, 11) is 0. The summed E-state index contributed by atoms with van der Waals surface area (Å²) in [5.41, 5.74) is 3.07. The molecule has 0 radical (unpaired) electrons. The number of benzene rings is 3. The number of para-hydroxylation sites is 1. The van der Waals surface area contributed by atoms with Gasteiger partial charge in [0.15, 0.2) is 0 Å². The van der Waals surface area contributed by atoms with Gasteiger partial charge in [0.2, 0.25) is 5.95 Å². The van der Waals surface area contributed by atoms with Crippen LogP contribution in [0.25, 0.3) is 0 Å². The van der Waals surface area contributed by atoms with Crippen LogP contribution in [0.1, 0.15) is 28.9 Å². The Hall–Kier alpha value is -4.39. The summed E-state index contributed by atoms with van der Waals surface area (Å²) in [5, 5.41) is 6.28. The number of hydrogen-bond acceptors (Lipinski definition) is 6. The normalized spacial score (nSPS) is 12.9. The largest absolute Gasteiger partial charge is 0.457 e. The molecule has 0 saturated carbocycles. The second-order valence-corrected chi connectivity index (χ2v) is 8.48. The van der Waals surface area contributed by atoms with E-state index in [9.17, 15) is 4.79 Å². The van der Waals surface area contributed by atoms with E-state index in [0.29, 0.717) is 17.0 Å². The van der Waals surface area contributed by atoms with Crippen LogP contribution in [0.4, 0.5) is 23.1 Å². The molecule has 3 aromatic carbocycles. The molecule has 0 bridgehead atoms. The molecule has 0 unspecified atom stereocenters. The van der Waals surface area contributed by atoms with E-state index in [1.165, 1.54) is 12.8 Å². The zero-order valence-corrected chi connectivity index (χ0v) is 19.6. The quantitative estimate of drug-likeness (QED) is 0.340. The van der Waals surface area contributed by atoms with Crippen LogP contribution >= 0.6 is 0 Å². The maximum absolute atomic E-state index is 12.7. The molecule has 1 amide bonds. The molecule has 35 heavy (non-hydrogen) atoms. The Kier molecular flexibility index (Phi) is 6.57. The van der Waals surface area contributed by atoms with E-state index < -0.39 is 0 Å². The van der Waals surface area contributed by atoms with Crippen molar-refractivity contribution in [2.45, 2.75) is 19.8 Å². The van der Waals surface area contributed by atoms with Crippen LogP contribution in [0.3, 0.4) is 0 Å². The van der Waals surface area contributed by atoms with Crippen LogP contribution in [-0.4, -0.2) is 29.0 Å². The van der Waals surface area contributed by atoms with Crippen LogP contribution in [0.5, 0.6) is 11.5 Å². The van der Waals surface area contributed by atoms with E-state index in [-0.39, 0.29) is 5.91 Å². The van der Waals surface area contributed by atoms with E-state index in [4.69, 9.17) is 4.74 Å². The van der Waals surface area contributed by atoms with Gasteiger partial charge in [0.25, 0.3) is 5.91 Å². The number of amides is 1. The van der Waals surface area contributed by atoms with Gasteiger partial charge in [-0.3, -0.25) is 4.79 Å². The van der Waals surface area contributed by atoms with Gasteiger partial charge >= 0.3 is 0 Å². The molecule has 5 rings (SSSR count). The fraction of sp³-hybridized carbons (Fsp3) is 0.179. The number of nitrogens with one attached hydrogen (secondary N) is 2. The summed E-state index contributed by atoms with van der Waals surface area (Å²) >= 11 is 0. The van der Waals surface area contributed by atoms with Crippen molar-refractivity contribution in [2.24, 2.45) is 0 Å². The Labute approximate surface area is 204 Å². The first kappa shape index (κ1) is 22.4. The minimum Gasteiger partial charge on any atom is -0.457 e. The Morgan fingerprint density at radius 2 is 1.49 bits per heavy atom. The summed E-state index contributed by atoms with van der Waals surface area (Å²) in [6.45, 7) is 3.98. The van der Waals surface area contributed by atoms with Crippen LogP contribution in [0, 0.1) is 6.92 Å². The molecule has 1 aromatic heterocycles. The lowest BCUT2D eigenvalue weighted by atomic mass is 10.2. The van der Waals surface area contributed by atoms with Gasteiger partial charge in [-0.05, 0) is 80.4 Å². The third kappa shape index (κ3) is 5.76. The number of carbonyl (C=O) groups is 1. The molecule has 0 spiro atoms. The average Bonchev–Trinajstić information content (AvgIpc) is 3.41. The van der Waals surface area contributed by atoms with Gasteiger partial charge in [-0.15, -0.1) is 0 Å². The van der Waals surface area contributed by atoms with Crippen LogP contribution in [0.2, 0.25) is 0 Å². The van der Waals surface area contributed by atoms with Crippen molar-refractivity contribution in [3.05, 3.63) is 96.2 Å². The van der Waals surface area contributed by atoms with Crippen molar-refractivity contribution >= 4 is 29.0 Å². The predicted molar refractivity (Wildman–Crippen MR) is 139 cm³/mol. The molecule has 1 aliphatic rings. The number of rotatable bonds is 7. The maximum Gasteiger partial charge on any atom is 0.255 e. The van der Waals surface area contributed by atoms with Gasteiger partial charge in [-0.25, -0.2) is 4.98 Å². The van der Waals surface area contributed by atoms with Gasteiger partial charge in [-0.2, -0.15) is 4.98 Å². The smallest absolute Gasteiger partial charge is 0.255 e. The monoisotopic (exact) mass is 465 g/mol. The highest BCUT2D eigenvalue weighted by molar-refractivity contribution is 6.04. The van der Waals surface area contributed by atoms with Gasteiger partial charge in [0.05, 0.1) is 0 Å². The zero-order valence-electron chi connectivity index (χ0n) is 19.6. The fourth-order valence-corrected chi connectivity index (χ4v) is 3.96. The molecule has 7 nitrogen and oxygen atoms in total. The molecule has 176 valence electrons. The topological polar surface area (TPSA) is 79.4 Å². The number of carbonyl (C=O) groups excluding carboxylic acids is 1. The van der Waals surface area contributed by atoms with Crippen molar-refractivity contribution in [3.63, 3.8) is 0 Å². The van der Waals surface area contributed by atoms with Crippen molar-refractivity contribution in [1.82, 2.24) is 9.97 Å². The number of nitrogens with zero attached hydrogens (tertiary/aromatic N) is 3. The van der Waals surface area contributed by atoms with Crippen LogP contribution < -0.4 is 20.3 Å². The fourth-order valence-electron chi connectivity index (χ4n) is 3.96. The number of aromatic nitrogens is 2. The van der Waals surface area contributed by atoms with Crippen LogP contribution in [-0.2, 0) is 0 Å². The Morgan fingerprint density at radius 1 is 0.829 bits per heavy atom. The molecular formula is C28H27N5O2. The minimum absolute atomic E-state index is 0.182. The lowest BCUT2D eigenvalue weighted by molar-refractivity contribution is 0.102. The minimum atomic E-state index is -0.182. The molecule has 0 atom stereocenters. The summed E-state index contributed by atoms with van der Waals surface area (Å²) in [6, 6.07) is 26.1. The van der Waals surface area contributed by atoms with Crippen molar-refractivity contribution in [2.75, 3.05) is 28.6 Å². The summed E-state index contributed by atoms with van der Waals surface area (Å²) < 4.78 is 5.79. The Balaban J connectivity index is 1.20. The molecule has 1 fully saturated rings. The molecule has 4 aromatic rings. The second kappa shape index (κ2) is 10.3. The highest BCUT2D eigenvalue weighted by atomic mass is 16.5. The number of hydrogen-bond donors (Lipinski definition) is 2. The van der Waals surface area contributed by atoms with E-state index in [0.717, 1.165) is 42.0 Å². The first-order chi connectivity index (χ1) is 17.1. The highest BCUT2D eigenvalue weighted by Crippen LogP contribution is 2.24. The van der Waals surface area contributed by atoms with E-state index >= 15 is 0 Å². The summed E-state index contributed by atoms with van der Waals surface area (Å²) in [6.07, 6.45) is 2.36. The van der Waals surface area contributed by atoms with Crippen molar-refractivity contribution in [1.29, 1.82) is 0 Å². The lowest BCUT2D eigenvalue weighted by Gasteiger charge is -2.17. The van der Waals surface area contributed by atoms with Crippen molar-refractivity contribution < 1.29 is 9.53 Å². The SMILES string of the molecule is Cc1cc(Nc2ccc(NC(=O)c3ccc(Oc4ccccc4)cc3)cc2)nc(N2CCCC2)n1. The maximum atomic E-state index is 12.7. The molecule has 7 heteroatoms. The zero-order chi connectivity index (χ0) is 24.0. The Morgan fingerprint density at radius 3 is 2.20 bits per heavy atom. The third-order valence-corrected chi connectivity index (χ3v) is 5.74. The second-order valence-electron chi connectivity index (χ2n) is 8.48. The average molecular weight is 466 g/mol. The molecule has 0 aliphatic carbocycles. The number of ether oxygens (including phenoxy) is 1. The lowest BCUT2D eigenvalue weighted by Crippen LogP contribution is -2.21. The van der Waals surface area contributed by atoms with Gasteiger partial charge in [0, 0.05) is 41.8 Å². The predicted octanol–water partition coefficient (Wildman–Crippen LogP) is 6.17. The van der Waals surface area contributed by atoms with Crippen molar-refractivity contribution in [3.8, 4) is 11.5 Å². The first-order valence-corrected chi connectivity index (χ1v) is 11.7. The summed E-state index contributed by atoms with van der Waals surface area (Å²) in [5.74, 6) is 2.78. The molecule has 2 heterocycles.